The Labute approximate surface area is 163 Å². The van der Waals surface area contributed by atoms with Gasteiger partial charge >= 0.3 is 0 Å². The van der Waals surface area contributed by atoms with E-state index in [2.05, 4.69) is 9.55 Å². The van der Waals surface area contributed by atoms with Crippen LogP contribution in [0.5, 0.6) is 5.75 Å². The third kappa shape index (κ3) is 3.45. The van der Waals surface area contributed by atoms with Crippen molar-refractivity contribution in [2.24, 2.45) is 0 Å². The number of rotatable bonds is 6. The van der Waals surface area contributed by atoms with Crippen LogP contribution >= 0.6 is 0 Å². The first-order valence-corrected chi connectivity index (χ1v) is 9.44. The van der Waals surface area contributed by atoms with Gasteiger partial charge in [0.2, 0.25) is 0 Å². The number of methoxy groups -OCH3 is 2. The lowest BCUT2D eigenvalue weighted by Crippen LogP contribution is -2.28. The van der Waals surface area contributed by atoms with Crippen molar-refractivity contribution in [1.29, 1.82) is 0 Å². The fourth-order valence-corrected chi connectivity index (χ4v) is 3.78. The van der Waals surface area contributed by atoms with E-state index in [1.54, 1.807) is 26.5 Å². The van der Waals surface area contributed by atoms with Crippen LogP contribution in [0.1, 0.15) is 28.5 Å². The van der Waals surface area contributed by atoms with E-state index < -0.39 is 0 Å². The zero-order chi connectivity index (χ0) is 19.5. The average Bonchev–Trinajstić information content (AvgIpc) is 3.36. The Bertz CT molecular complexity index is 985. The number of nitrogens with zero attached hydrogens (tertiary/aromatic N) is 4. The predicted octanol–water partition coefficient (Wildman–Crippen LogP) is 2.72. The van der Waals surface area contributed by atoms with E-state index in [1.165, 1.54) is 0 Å². The summed E-state index contributed by atoms with van der Waals surface area (Å²) in [6.07, 6.45) is 2.66. The smallest absolute Gasteiger partial charge is 0.254 e. The summed E-state index contributed by atoms with van der Waals surface area (Å²) in [6.45, 7) is 2.64. The van der Waals surface area contributed by atoms with Crippen molar-refractivity contribution in [3.05, 3.63) is 54.0 Å². The van der Waals surface area contributed by atoms with Gasteiger partial charge in [0.25, 0.3) is 5.91 Å². The van der Waals surface area contributed by atoms with Gasteiger partial charge in [-0.1, -0.05) is 6.07 Å². The van der Waals surface area contributed by atoms with Crippen LogP contribution < -0.4 is 4.74 Å². The van der Waals surface area contributed by atoms with Gasteiger partial charge in [-0.05, 0) is 36.8 Å². The van der Waals surface area contributed by atoms with Crippen molar-refractivity contribution in [2.45, 2.75) is 18.9 Å². The molecule has 0 saturated carbocycles. The molecule has 0 bridgehead atoms. The largest absolute Gasteiger partial charge is 0.497 e. The lowest BCUT2D eigenvalue weighted by molar-refractivity contribution is 0.0790. The van der Waals surface area contributed by atoms with Gasteiger partial charge in [0.15, 0.2) is 5.65 Å². The number of carbonyl (C=O) groups excluding carboxylic acids is 1. The second-order valence-corrected chi connectivity index (χ2v) is 6.93. The van der Waals surface area contributed by atoms with Gasteiger partial charge < -0.3 is 18.9 Å². The molecular weight excluding hydrogens is 356 g/mol. The van der Waals surface area contributed by atoms with Crippen molar-refractivity contribution < 1.29 is 14.3 Å². The van der Waals surface area contributed by atoms with E-state index in [4.69, 9.17) is 14.5 Å². The number of hydrogen-bond acceptors (Lipinski definition) is 5. The third-order valence-corrected chi connectivity index (χ3v) is 5.21. The molecule has 1 aliphatic heterocycles. The molecule has 1 saturated heterocycles. The van der Waals surface area contributed by atoms with Crippen LogP contribution in [0.4, 0.5) is 0 Å². The summed E-state index contributed by atoms with van der Waals surface area (Å²) < 4.78 is 12.6. The molecule has 28 heavy (non-hydrogen) atoms. The molecule has 0 radical (unpaired) electrons. The fourth-order valence-electron chi connectivity index (χ4n) is 3.78. The molecule has 7 nitrogen and oxygen atoms in total. The number of carbonyl (C=O) groups is 1. The highest BCUT2D eigenvalue weighted by Gasteiger charge is 2.31. The maximum Gasteiger partial charge on any atom is 0.254 e. The molecule has 1 fully saturated rings. The Morgan fingerprint density at radius 2 is 2.14 bits per heavy atom. The minimum absolute atomic E-state index is 0.0269. The van der Waals surface area contributed by atoms with E-state index in [1.807, 2.05) is 35.2 Å². The monoisotopic (exact) mass is 380 g/mol. The zero-order valence-corrected chi connectivity index (χ0v) is 16.2. The summed E-state index contributed by atoms with van der Waals surface area (Å²) in [4.78, 5) is 24.2. The van der Waals surface area contributed by atoms with E-state index >= 15 is 0 Å². The molecule has 0 aliphatic carbocycles. The molecule has 1 aliphatic rings. The number of aromatic nitrogens is 3. The number of fused-ring (bicyclic) bond motifs is 1. The number of ether oxygens (including phenoxy) is 2. The van der Waals surface area contributed by atoms with Gasteiger partial charge in [0.05, 0.1) is 13.7 Å². The maximum absolute atomic E-state index is 12.9. The Hall–Kier alpha value is -2.93. The highest BCUT2D eigenvalue weighted by atomic mass is 16.5. The van der Waals surface area contributed by atoms with Gasteiger partial charge in [-0.25, -0.2) is 9.97 Å². The van der Waals surface area contributed by atoms with Crippen LogP contribution in [0.25, 0.3) is 11.2 Å². The minimum Gasteiger partial charge on any atom is -0.497 e. The molecule has 2 aromatic heterocycles. The van der Waals surface area contributed by atoms with Gasteiger partial charge in [0, 0.05) is 44.4 Å². The van der Waals surface area contributed by atoms with Crippen molar-refractivity contribution >= 4 is 17.1 Å². The molecule has 1 atom stereocenters. The second-order valence-electron chi connectivity index (χ2n) is 6.93. The van der Waals surface area contributed by atoms with Gasteiger partial charge in [0.1, 0.15) is 17.1 Å². The van der Waals surface area contributed by atoms with Crippen LogP contribution in [0.3, 0.4) is 0 Å². The van der Waals surface area contributed by atoms with Crippen molar-refractivity contribution in [1.82, 2.24) is 19.4 Å². The normalized spacial score (nSPS) is 16.6. The highest BCUT2D eigenvalue weighted by molar-refractivity contribution is 5.94. The lowest BCUT2D eigenvalue weighted by Gasteiger charge is -2.17. The molecule has 0 N–H and O–H groups in total. The Morgan fingerprint density at radius 1 is 1.25 bits per heavy atom. The maximum atomic E-state index is 12.9. The first kappa shape index (κ1) is 18.4. The molecule has 1 aromatic carbocycles. The summed E-state index contributed by atoms with van der Waals surface area (Å²) in [5, 5.41) is 0. The molecule has 146 valence electrons. The molecule has 7 heteroatoms. The Morgan fingerprint density at radius 3 is 2.96 bits per heavy atom. The number of imidazole rings is 1. The summed E-state index contributed by atoms with van der Waals surface area (Å²) in [6, 6.07) is 11.2. The van der Waals surface area contributed by atoms with E-state index in [0.717, 1.165) is 23.4 Å². The van der Waals surface area contributed by atoms with Crippen molar-refractivity contribution in [3.8, 4) is 5.75 Å². The summed E-state index contributed by atoms with van der Waals surface area (Å²) in [5.74, 6) is 1.88. The molecule has 0 unspecified atom stereocenters. The fraction of sp³-hybridized carbons (Fsp3) is 0.381. The summed E-state index contributed by atoms with van der Waals surface area (Å²) in [7, 11) is 3.30. The number of amides is 1. The molecule has 1 amide bonds. The number of hydrogen-bond donors (Lipinski definition) is 0. The van der Waals surface area contributed by atoms with Crippen LogP contribution in [-0.4, -0.2) is 59.3 Å². The highest BCUT2D eigenvalue weighted by Crippen LogP contribution is 2.30. The second kappa shape index (κ2) is 7.98. The Balaban J connectivity index is 1.57. The van der Waals surface area contributed by atoms with E-state index in [0.29, 0.717) is 37.6 Å². The van der Waals surface area contributed by atoms with Crippen LogP contribution in [0.2, 0.25) is 0 Å². The first-order valence-electron chi connectivity index (χ1n) is 9.44. The first-order chi connectivity index (χ1) is 13.7. The van der Waals surface area contributed by atoms with Crippen LogP contribution in [0.15, 0.2) is 42.6 Å². The average molecular weight is 380 g/mol. The van der Waals surface area contributed by atoms with Gasteiger partial charge in [-0.2, -0.15) is 0 Å². The molecule has 0 spiro atoms. The van der Waals surface area contributed by atoms with Gasteiger partial charge in [-0.3, -0.25) is 4.79 Å². The van der Waals surface area contributed by atoms with E-state index in [-0.39, 0.29) is 11.8 Å². The zero-order valence-electron chi connectivity index (χ0n) is 16.2. The number of pyridine rings is 1. The SMILES string of the molecule is COCCn1c([C@@H]2CCN(C(=O)c3cccc(OC)c3)C2)nc2cccnc21. The summed E-state index contributed by atoms with van der Waals surface area (Å²) in [5.41, 5.74) is 2.40. The van der Waals surface area contributed by atoms with Gasteiger partial charge in [-0.15, -0.1) is 0 Å². The molecule has 3 heterocycles. The molecular formula is C21H24N4O3. The third-order valence-electron chi connectivity index (χ3n) is 5.21. The minimum atomic E-state index is 0.0269. The predicted molar refractivity (Wildman–Crippen MR) is 106 cm³/mol. The number of benzene rings is 1. The molecule has 3 aromatic rings. The lowest BCUT2D eigenvalue weighted by atomic mass is 10.1. The topological polar surface area (TPSA) is 69.5 Å². The van der Waals surface area contributed by atoms with Crippen LogP contribution in [-0.2, 0) is 11.3 Å². The molecule has 4 rings (SSSR count). The number of likely N-dealkylation sites (tertiary alicyclic amines) is 1. The quantitative estimate of drug-likeness (QED) is 0.658. The van der Waals surface area contributed by atoms with Crippen LogP contribution in [0, 0.1) is 0 Å². The Kier molecular flexibility index (Phi) is 5.25. The van der Waals surface area contributed by atoms with Crippen molar-refractivity contribution in [2.75, 3.05) is 33.9 Å². The van der Waals surface area contributed by atoms with Crippen molar-refractivity contribution in [3.63, 3.8) is 0 Å². The standard InChI is InChI=1S/C21H24N4O3/c1-27-12-11-25-19(23-18-7-4-9-22-20(18)25)16-8-10-24(14-16)21(26)15-5-3-6-17(13-15)28-2/h3-7,9,13,16H,8,10-12,14H2,1-2H3/t16-/m1/s1. The van der Waals surface area contributed by atoms with E-state index in [9.17, 15) is 4.79 Å². The summed E-state index contributed by atoms with van der Waals surface area (Å²) >= 11 is 0.